The summed E-state index contributed by atoms with van der Waals surface area (Å²) >= 11 is 6.29. The first-order valence-corrected chi connectivity index (χ1v) is 11.4. The summed E-state index contributed by atoms with van der Waals surface area (Å²) in [5.74, 6) is 1.43. The van der Waals surface area contributed by atoms with Gasteiger partial charge in [0.25, 0.3) is 0 Å². The van der Waals surface area contributed by atoms with Crippen molar-refractivity contribution in [3.05, 3.63) is 59.1 Å². The Morgan fingerprint density at radius 2 is 1.90 bits per heavy atom. The van der Waals surface area contributed by atoms with Crippen LogP contribution in [-0.2, 0) is 11.2 Å². The zero-order valence-corrected chi connectivity index (χ0v) is 18.9. The molecule has 1 saturated heterocycles. The first-order valence-electron chi connectivity index (χ1n) is 11.0. The van der Waals surface area contributed by atoms with Crippen LogP contribution in [0.1, 0.15) is 38.2 Å². The number of carbonyl (C=O) groups excluding carboxylic acids is 1. The van der Waals surface area contributed by atoms with Crippen molar-refractivity contribution in [1.82, 2.24) is 4.90 Å². The Labute approximate surface area is 185 Å². The fourth-order valence-corrected chi connectivity index (χ4v) is 4.41. The lowest BCUT2D eigenvalue weighted by atomic mass is 9.93. The van der Waals surface area contributed by atoms with E-state index in [0.29, 0.717) is 23.1 Å². The maximum absolute atomic E-state index is 12.6. The number of hydrogen-bond acceptors (Lipinski definition) is 3. The summed E-state index contributed by atoms with van der Waals surface area (Å²) in [7, 11) is 1.60. The second kappa shape index (κ2) is 11.4. The van der Waals surface area contributed by atoms with Crippen molar-refractivity contribution >= 4 is 23.2 Å². The van der Waals surface area contributed by atoms with Gasteiger partial charge in [-0.05, 0) is 68.5 Å². The monoisotopic (exact) mass is 428 g/mol. The first kappa shape index (κ1) is 22.6. The van der Waals surface area contributed by atoms with E-state index in [-0.39, 0.29) is 5.91 Å². The molecule has 0 unspecified atom stereocenters. The molecule has 162 valence electrons. The normalized spacial score (nSPS) is 15.2. The van der Waals surface area contributed by atoms with Gasteiger partial charge in [-0.2, -0.15) is 0 Å². The van der Waals surface area contributed by atoms with Gasteiger partial charge in [-0.15, -0.1) is 0 Å². The fraction of sp³-hybridized carbons (Fsp3) is 0.480. The van der Waals surface area contributed by atoms with Gasteiger partial charge in [-0.25, -0.2) is 0 Å². The van der Waals surface area contributed by atoms with E-state index in [2.05, 4.69) is 35.2 Å². The second-order valence-corrected chi connectivity index (χ2v) is 8.43. The third-order valence-electron chi connectivity index (χ3n) is 6.08. The molecule has 0 atom stereocenters. The molecule has 1 aliphatic rings. The minimum Gasteiger partial charge on any atom is -0.495 e. The van der Waals surface area contributed by atoms with Crippen LogP contribution < -0.4 is 9.64 Å². The van der Waals surface area contributed by atoms with Crippen LogP contribution in [-0.4, -0.2) is 44.1 Å². The zero-order valence-electron chi connectivity index (χ0n) is 18.1. The summed E-state index contributed by atoms with van der Waals surface area (Å²) in [6.45, 7) is 6.07. The van der Waals surface area contributed by atoms with E-state index >= 15 is 0 Å². The number of methoxy groups -OCH3 is 1. The Morgan fingerprint density at radius 3 is 2.53 bits per heavy atom. The Bertz CT molecular complexity index is 804. The molecule has 30 heavy (non-hydrogen) atoms. The van der Waals surface area contributed by atoms with Crippen LogP contribution in [0.3, 0.4) is 0 Å². The highest BCUT2D eigenvalue weighted by Gasteiger charge is 2.22. The Morgan fingerprint density at radius 1 is 1.17 bits per heavy atom. The van der Waals surface area contributed by atoms with Gasteiger partial charge in [0, 0.05) is 25.2 Å². The number of halogens is 1. The van der Waals surface area contributed by atoms with Gasteiger partial charge in [0.2, 0.25) is 5.91 Å². The molecule has 1 heterocycles. The second-order valence-electron chi connectivity index (χ2n) is 8.03. The zero-order chi connectivity index (χ0) is 21.3. The van der Waals surface area contributed by atoms with Crippen molar-refractivity contribution in [3.8, 4) is 5.75 Å². The first-order chi connectivity index (χ1) is 14.6. The molecule has 0 saturated carbocycles. The SMILES string of the molecule is CCC(=O)N(CCC1CCN(CCc2ccccc2)CC1)c1ccc(OC)c(Cl)c1. The minimum absolute atomic E-state index is 0.136. The van der Waals surface area contributed by atoms with E-state index in [0.717, 1.165) is 44.7 Å². The predicted octanol–water partition coefficient (Wildman–Crippen LogP) is 5.44. The lowest BCUT2D eigenvalue weighted by Gasteiger charge is -2.33. The van der Waals surface area contributed by atoms with E-state index in [9.17, 15) is 4.79 Å². The van der Waals surface area contributed by atoms with Crippen LogP contribution in [0.5, 0.6) is 5.75 Å². The quantitative estimate of drug-likeness (QED) is 0.533. The fourth-order valence-electron chi connectivity index (χ4n) is 4.15. The Hall–Kier alpha value is -2.04. The molecule has 0 bridgehead atoms. The Kier molecular flexibility index (Phi) is 8.59. The molecule has 3 rings (SSSR count). The molecular formula is C25H33ClN2O2. The topological polar surface area (TPSA) is 32.8 Å². The number of carbonyl (C=O) groups is 1. The molecule has 0 aliphatic carbocycles. The highest BCUT2D eigenvalue weighted by Crippen LogP contribution is 2.30. The van der Waals surface area contributed by atoms with Crippen LogP contribution in [0.4, 0.5) is 5.69 Å². The van der Waals surface area contributed by atoms with Gasteiger partial charge >= 0.3 is 0 Å². The predicted molar refractivity (Wildman–Crippen MR) is 125 cm³/mol. The number of rotatable bonds is 9. The highest BCUT2D eigenvalue weighted by atomic mass is 35.5. The van der Waals surface area contributed by atoms with Crippen LogP contribution in [0.25, 0.3) is 0 Å². The van der Waals surface area contributed by atoms with Crippen LogP contribution >= 0.6 is 11.6 Å². The van der Waals surface area contributed by atoms with Crippen LogP contribution in [0, 0.1) is 5.92 Å². The average molecular weight is 429 g/mol. The number of amides is 1. The van der Waals surface area contributed by atoms with Gasteiger partial charge in [0.05, 0.1) is 12.1 Å². The molecule has 2 aromatic rings. The average Bonchev–Trinajstić information content (AvgIpc) is 2.79. The summed E-state index contributed by atoms with van der Waals surface area (Å²) in [6, 6.07) is 16.3. The number of benzene rings is 2. The largest absolute Gasteiger partial charge is 0.495 e. The molecule has 4 nitrogen and oxygen atoms in total. The van der Waals surface area contributed by atoms with Gasteiger partial charge in [0.1, 0.15) is 5.75 Å². The molecule has 0 radical (unpaired) electrons. The van der Waals surface area contributed by atoms with Gasteiger partial charge in [-0.3, -0.25) is 4.79 Å². The van der Waals surface area contributed by atoms with E-state index in [1.807, 2.05) is 30.0 Å². The third kappa shape index (κ3) is 6.23. The van der Waals surface area contributed by atoms with Gasteiger partial charge in [0.15, 0.2) is 0 Å². The molecule has 5 heteroatoms. The van der Waals surface area contributed by atoms with Crippen LogP contribution in [0.15, 0.2) is 48.5 Å². The number of ether oxygens (including phenoxy) is 1. The summed E-state index contributed by atoms with van der Waals surface area (Å²) in [5, 5.41) is 0.538. The number of anilines is 1. The summed E-state index contributed by atoms with van der Waals surface area (Å²) < 4.78 is 5.24. The third-order valence-corrected chi connectivity index (χ3v) is 6.37. The van der Waals surface area contributed by atoms with E-state index in [1.165, 1.54) is 18.4 Å². The molecule has 2 aromatic carbocycles. The lowest BCUT2D eigenvalue weighted by Crippen LogP contribution is -2.37. The lowest BCUT2D eigenvalue weighted by molar-refractivity contribution is -0.118. The van der Waals surface area contributed by atoms with Crippen molar-refractivity contribution in [1.29, 1.82) is 0 Å². The standard InChI is InChI=1S/C25H33ClN2O2/c1-3-25(29)28(22-9-10-24(30-2)23(26)19-22)18-14-21-12-16-27(17-13-21)15-11-20-7-5-4-6-8-20/h4-10,19,21H,3,11-18H2,1-2H3. The summed E-state index contributed by atoms with van der Waals surface area (Å²) in [4.78, 5) is 17.0. The smallest absolute Gasteiger partial charge is 0.226 e. The highest BCUT2D eigenvalue weighted by molar-refractivity contribution is 6.32. The molecule has 1 aliphatic heterocycles. The van der Waals surface area contributed by atoms with Gasteiger partial charge < -0.3 is 14.5 Å². The van der Waals surface area contributed by atoms with E-state index in [4.69, 9.17) is 16.3 Å². The summed E-state index contributed by atoms with van der Waals surface area (Å²) in [6.07, 6.45) is 5.03. The number of likely N-dealkylation sites (tertiary alicyclic amines) is 1. The molecular weight excluding hydrogens is 396 g/mol. The molecule has 1 fully saturated rings. The molecule has 1 amide bonds. The van der Waals surface area contributed by atoms with Crippen molar-refractivity contribution in [2.24, 2.45) is 5.92 Å². The maximum Gasteiger partial charge on any atom is 0.226 e. The van der Waals surface area contributed by atoms with E-state index in [1.54, 1.807) is 7.11 Å². The van der Waals surface area contributed by atoms with Crippen molar-refractivity contribution in [2.75, 3.05) is 38.2 Å². The van der Waals surface area contributed by atoms with Gasteiger partial charge in [-0.1, -0.05) is 48.9 Å². The Balaban J connectivity index is 1.49. The van der Waals surface area contributed by atoms with Crippen LogP contribution in [0.2, 0.25) is 5.02 Å². The summed E-state index contributed by atoms with van der Waals surface area (Å²) in [5.41, 5.74) is 2.26. The number of hydrogen-bond donors (Lipinski definition) is 0. The van der Waals surface area contributed by atoms with Crippen molar-refractivity contribution in [3.63, 3.8) is 0 Å². The van der Waals surface area contributed by atoms with E-state index < -0.39 is 0 Å². The minimum atomic E-state index is 0.136. The number of piperidine rings is 1. The molecule has 0 spiro atoms. The molecule has 0 N–H and O–H groups in total. The van der Waals surface area contributed by atoms with Crippen molar-refractivity contribution < 1.29 is 9.53 Å². The number of nitrogens with zero attached hydrogens (tertiary/aromatic N) is 2. The van der Waals surface area contributed by atoms with Crippen molar-refractivity contribution in [2.45, 2.75) is 39.0 Å². The maximum atomic E-state index is 12.6. The molecule has 0 aromatic heterocycles.